The number of halogens is 1. The lowest BCUT2D eigenvalue weighted by Crippen LogP contribution is -2.15. The molecule has 2 aromatic heterocycles. The highest BCUT2D eigenvalue weighted by Crippen LogP contribution is 2.25. The minimum Gasteiger partial charge on any atom is -0.494 e. The summed E-state index contributed by atoms with van der Waals surface area (Å²) in [5, 5.41) is 6.37. The maximum atomic E-state index is 12.5. The molecule has 0 saturated heterocycles. The molecule has 8 nitrogen and oxygen atoms in total. The minimum absolute atomic E-state index is 0.0687. The lowest BCUT2D eigenvalue weighted by atomic mass is 10.2. The van der Waals surface area contributed by atoms with Gasteiger partial charge in [0.2, 0.25) is 5.91 Å². The molecule has 2 aromatic carbocycles. The summed E-state index contributed by atoms with van der Waals surface area (Å²) in [6, 6.07) is 14.2. The maximum Gasteiger partial charge on any atom is 0.266 e. The van der Waals surface area contributed by atoms with Gasteiger partial charge in [-0.3, -0.25) is 14.7 Å². The maximum absolute atomic E-state index is 12.5. The summed E-state index contributed by atoms with van der Waals surface area (Å²) >= 11 is 7.38. The van der Waals surface area contributed by atoms with Gasteiger partial charge in [0, 0.05) is 11.6 Å². The molecule has 0 spiro atoms. The zero-order valence-electron chi connectivity index (χ0n) is 17.4. The van der Waals surface area contributed by atoms with E-state index in [1.165, 1.54) is 22.3 Å². The molecule has 1 amide bonds. The number of carbonyl (C=O) groups is 1. The molecule has 2 N–H and O–H groups in total. The summed E-state index contributed by atoms with van der Waals surface area (Å²) in [6.07, 6.45) is 0. The quantitative estimate of drug-likeness (QED) is 0.394. The summed E-state index contributed by atoms with van der Waals surface area (Å²) in [5.74, 6) is 1.01. The summed E-state index contributed by atoms with van der Waals surface area (Å²) in [4.78, 5) is 33.4. The molecule has 10 heteroatoms. The molecule has 0 aliphatic carbocycles. The van der Waals surface area contributed by atoms with Crippen LogP contribution < -0.4 is 15.6 Å². The number of aryl methyl sites for hydroxylation is 1. The highest BCUT2D eigenvalue weighted by Gasteiger charge is 2.14. The molecule has 0 radical (unpaired) electrons. The third-order valence-corrected chi connectivity index (χ3v) is 5.73. The van der Waals surface area contributed by atoms with Crippen LogP contribution in [0.3, 0.4) is 0 Å². The fraction of sp³-hybridized carbons (Fsp3) is 0.182. The second-order valence-corrected chi connectivity index (χ2v) is 8.27. The van der Waals surface area contributed by atoms with Gasteiger partial charge >= 0.3 is 0 Å². The van der Waals surface area contributed by atoms with Crippen LogP contribution >= 0.6 is 23.4 Å². The number of carbonyl (C=O) groups excluding carboxylic acids is 1. The van der Waals surface area contributed by atoms with Gasteiger partial charge in [-0.2, -0.15) is 0 Å². The van der Waals surface area contributed by atoms with Gasteiger partial charge in [0.05, 0.1) is 23.1 Å². The number of rotatable bonds is 7. The van der Waals surface area contributed by atoms with E-state index < -0.39 is 0 Å². The lowest BCUT2D eigenvalue weighted by molar-refractivity contribution is -0.113. The average molecular weight is 470 g/mol. The number of thioether (sulfide) groups is 1. The number of aromatic nitrogens is 4. The Hall–Kier alpha value is -3.30. The number of ether oxygens (including phenoxy) is 1. The zero-order valence-corrected chi connectivity index (χ0v) is 19.0. The van der Waals surface area contributed by atoms with E-state index in [1.54, 1.807) is 12.1 Å². The van der Waals surface area contributed by atoms with E-state index in [0.717, 1.165) is 16.9 Å². The summed E-state index contributed by atoms with van der Waals surface area (Å²) in [5.41, 5.74) is 2.42. The third kappa shape index (κ3) is 4.95. The Morgan fingerprint density at radius 3 is 2.69 bits per heavy atom. The summed E-state index contributed by atoms with van der Waals surface area (Å²) in [7, 11) is 0. The number of H-pyrrole nitrogens is 1. The molecule has 0 fully saturated rings. The molecule has 0 aliphatic rings. The van der Waals surface area contributed by atoms with Crippen LogP contribution in [0.4, 0.5) is 5.69 Å². The number of nitrogens with one attached hydrogen (secondary N) is 2. The highest BCUT2D eigenvalue weighted by atomic mass is 35.5. The van der Waals surface area contributed by atoms with Crippen LogP contribution in [0.1, 0.15) is 12.5 Å². The van der Waals surface area contributed by atoms with Crippen molar-refractivity contribution in [3.63, 3.8) is 0 Å². The van der Waals surface area contributed by atoms with Crippen molar-refractivity contribution in [1.29, 1.82) is 0 Å². The molecule has 164 valence electrons. The number of amides is 1. The van der Waals surface area contributed by atoms with Crippen molar-refractivity contribution in [2.75, 3.05) is 17.7 Å². The number of hydrogen-bond donors (Lipinski definition) is 2. The van der Waals surface area contributed by atoms with E-state index >= 15 is 0 Å². The molecule has 4 aromatic rings. The number of fused-ring (bicyclic) bond motifs is 1. The van der Waals surface area contributed by atoms with Gasteiger partial charge < -0.3 is 10.1 Å². The van der Waals surface area contributed by atoms with Crippen LogP contribution in [-0.4, -0.2) is 37.8 Å². The molecular weight excluding hydrogens is 450 g/mol. The standard InChI is InChI=1S/C22H20ClN5O3S/c1-3-31-15-7-5-14(6-8-15)21-25-18-11-19(29)27-28(18)22(26-21)32-12-20(30)24-17-9-4-13(2)10-16(17)23/h4-11H,3,12H2,1-2H3,(H,24,30)(H,27,29). The smallest absolute Gasteiger partial charge is 0.266 e. The molecule has 4 rings (SSSR count). The first-order valence-corrected chi connectivity index (χ1v) is 11.2. The van der Waals surface area contributed by atoms with E-state index in [1.807, 2.05) is 44.2 Å². The van der Waals surface area contributed by atoms with Crippen LogP contribution in [-0.2, 0) is 4.79 Å². The second-order valence-electron chi connectivity index (χ2n) is 6.92. The Morgan fingerprint density at radius 1 is 1.19 bits per heavy atom. The van der Waals surface area contributed by atoms with Gasteiger partial charge in [-0.1, -0.05) is 29.4 Å². The van der Waals surface area contributed by atoms with Crippen molar-refractivity contribution in [3.8, 4) is 17.1 Å². The predicted molar refractivity (Wildman–Crippen MR) is 126 cm³/mol. The Kier molecular flexibility index (Phi) is 6.48. The first kappa shape index (κ1) is 21.9. The minimum atomic E-state index is -0.305. The van der Waals surface area contributed by atoms with Gasteiger partial charge in [-0.05, 0) is 55.8 Å². The Morgan fingerprint density at radius 2 is 1.97 bits per heavy atom. The normalized spacial score (nSPS) is 11.0. The fourth-order valence-corrected chi connectivity index (χ4v) is 4.05. The Labute approximate surface area is 193 Å². The Balaban J connectivity index is 1.57. The first-order valence-electron chi connectivity index (χ1n) is 9.85. The first-order chi connectivity index (χ1) is 15.4. The van der Waals surface area contributed by atoms with E-state index in [9.17, 15) is 9.59 Å². The lowest BCUT2D eigenvalue weighted by Gasteiger charge is -2.10. The topological polar surface area (TPSA) is 101 Å². The van der Waals surface area contributed by atoms with Crippen LogP contribution in [0.25, 0.3) is 17.0 Å². The largest absolute Gasteiger partial charge is 0.494 e. The number of anilines is 1. The van der Waals surface area contributed by atoms with Crippen molar-refractivity contribution in [2.24, 2.45) is 0 Å². The SMILES string of the molecule is CCOc1ccc(-c2nc(SCC(=O)Nc3ccc(C)cc3Cl)n3[nH]c(=O)cc3n2)cc1. The van der Waals surface area contributed by atoms with Gasteiger partial charge in [-0.25, -0.2) is 14.5 Å². The monoisotopic (exact) mass is 469 g/mol. The number of hydrogen-bond acceptors (Lipinski definition) is 6. The van der Waals surface area contributed by atoms with E-state index in [4.69, 9.17) is 16.3 Å². The third-order valence-electron chi connectivity index (χ3n) is 4.48. The van der Waals surface area contributed by atoms with Gasteiger partial charge in [0.1, 0.15) is 5.75 Å². The van der Waals surface area contributed by atoms with Crippen molar-refractivity contribution in [2.45, 2.75) is 19.0 Å². The summed E-state index contributed by atoms with van der Waals surface area (Å²) < 4.78 is 6.94. The molecule has 2 heterocycles. The van der Waals surface area contributed by atoms with Crippen molar-refractivity contribution < 1.29 is 9.53 Å². The summed E-state index contributed by atoms with van der Waals surface area (Å²) in [6.45, 7) is 4.42. The van der Waals surface area contributed by atoms with E-state index in [2.05, 4.69) is 20.4 Å². The van der Waals surface area contributed by atoms with Crippen molar-refractivity contribution in [3.05, 3.63) is 69.5 Å². The van der Waals surface area contributed by atoms with Gasteiger partial charge in [0.25, 0.3) is 5.56 Å². The molecule has 0 bridgehead atoms. The molecule has 0 atom stereocenters. The zero-order chi connectivity index (χ0) is 22.7. The second kappa shape index (κ2) is 9.46. The van der Waals surface area contributed by atoms with Crippen molar-refractivity contribution >= 4 is 40.6 Å². The van der Waals surface area contributed by atoms with Crippen LogP contribution in [0, 0.1) is 6.92 Å². The van der Waals surface area contributed by atoms with Crippen LogP contribution in [0.2, 0.25) is 5.02 Å². The highest BCUT2D eigenvalue weighted by molar-refractivity contribution is 7.99. The van der Waals surface area contributed by atoms with Gasteiger partial charge in [-0.15, -0.1) is 0 Å². The predicted octanol–water partition coefficient (Wildman–Crippen LogP) is 4.18. The van der Waals surface area contributed by atoms with Crippen molar-refractivity contribution in [1.82, 2.24) is 19.6 Å². The number of aromatic amines is 1. The average Bonchev–Trinajstić information content (AvgIpc) is 3.15. The number of nitrogens with zero attached hydrogens (tertiary/aromatic N) is 3. The number of benzene rings is 2. The van der Waals surface area contributed by atoms with Crippen LogP contribution in [0.15, 0.2) is 58.5 Å². The molecule has 0 aliphatic heterocycles. The van der Waals surface area contributed by atoms with E-state index in [-0.39, 0.29) is 17.2 Å². The fourth-order valence-electron chi connectivity index (χ4n) is 3.01. The molecule has 0 saturated carbocycles. The Bertz CT molecular complexity index is 1330. The molecular formula is C22H20ClN5O3S. The van der Waals surface area contributed by atoms with Gasteiger partial charge in [0.15, 0.2) is 16.6 Å². The molecule has 32 heavy (non-hydrogen) atoms. The molecule has 0 unspecified atom stereocenters. The van der Waals surface area contributed by atoms with E-state index in [0.29, 0.717) is 33.9 Å². The van der Waals surface area contributed by atoms with Crippen LogP contribution in [0.5, 0.6) is 5.75 Å².